The lowest BCUT2D eigenvalue weighted by Gasteiger charge is -2.35. The normalized spacial score (nSPS) is 31.4. The molecule has 0 aromatic heterocycles. The highest BCUT2D eigenvalue weighted by Crippen LogP contribution is 2.21. The first-order chi connectivity index (χ1) is 7.77. The number of carbonyl (C=O) groups is 1. The molecule has 92 valence electrons. The Labute approximate surface area is 98.6 Å². The van der Waals surface area contributed by atoms with E-state index < -0.39 is 0 Å². The van der Waals surface area contributed by atoms with Crippen LogP contribution in [0.25, 0.3) is 0 Å². The van der Waals surface area contributed by atoms with E-state index in [4.69, 9.17) is 0 Å². The molecular formula is C13H24N2O. The molecule has 0 bridgehead atoms. The standard InChI is InChI=1S/C13H24N2O/c1-11-5-2-3-8-15(11)13(16)9-12-6-4-7-14-10-12/h11-12,14H,2-10H2,1H3. The fourth-order valence-electron chi connectivity index (χ4n) is 2.93. The van der Waals surface area contributed by atoms with Gasteiger partial charge in [-0.2, -0.15) is 0 Å². The summed E-state index contributed by atoms with van der Waals surface area (Å²) < 4.78 is 0. The molecule has 2 atom stereocenters. The maximum Gasteiger partial charge on any atom is 0.223 e. The second-order valence-corrected chi connectivity index (χ2v) is 5.35. The molecule has 0 aromatic carbocycles. The van der Waals surface area contributed by atoms with Gasteiger partial charge in [-0.1, -0.05) is 0 Å². The van der Waals surface area contributed by atoms with Gasteiger partial charge in [-0.15, -0.1) is 0 Å². The lowest BCUT2D eigenvalue weighted by atomic mass is 9.94. The van der Waals surface area contributed by atoms with Crippen LogP contribution in [0.5, 0.6) is 0 Å². The van der Waals surface area contributed by atoms with E-state index in [0.29, 0.717) is 17.9 Å². The predicted octanol–water partition coefficient (Wildman–Crippen LogP) is 1.78. The van der Waals surface area contributed by atoms with Gasteiger partial charge in [0.1, 0.15) is 0 Å². The lowest BCUT2D eigenvalue weighted by Crippen LogP contribution is -2.43. The van der Waals surface area contributed by atoms with Crippen molar-refractivity contribution in [3.8, 4) is 0 Å². The molecule has 2 fully saturated rings. The zero-order valence-corrected chi connectivity index (χ0v) is 10.4. The highest BCUT2D eigenvalue weighted by atomic mass is 16.2. The van der Waals surface area contributed by atoms with E-state index in [1.54, 1.807) is 0 Å². The number of nitrogens with one attached hydrogen (secondary N) is 1. The Kier molecular flexibility index (Phi) is 4.22. The molecule has 16 heavy (non-hydrogen) atoms. The number of nitrogens with zero attached hydrogens (tertiary/aromatic N) is 1. The molecule has 2 heterocycles. The summed E-state index contributed by atoms with van der Waals surface area (Å²) in [6, 6.07) is 0.470. The number of amides is 1. The van der Waals surface area contributed by atoms with Crippen LogP contribution in [0.1, 0.15) is 45.4 Å². The minimum Gasteiger partial charge on any atom is -0.340 e. The van der Waals surface area contributed by atoms with Gasteiger partial charge >= 0.3 is 0 Å². The van der Waals surface area contributed by atoms with Gasteiger partial charge in [0, 0.05) is 19.0 Å². The molecule has 3 nitrogen and oxygen atoms in total. The van der Waals surface area contributed by atoms with Gasteiger partial charge in [-0.25, -0.2) is 0 Å². The van der Waals surface area contributed by atoms with Crippen molar-refractivity contribution in [1.29, 1.82) is 0 Å². The minimum absolute atomic E-state index is 0.390. The maximum absolute atomic E-state index is 12.2. The van der Waals surface area contributed by atoms with Gasteiger partial charge in [0.25, 0.3) is 0 Å². The molecule has 2 rings (SSSR count). The molecule has 1 N–H and O–H groups in total. The third-order valence-corrected chi connectivity index (χ3v) is 3.99. The second kappa shape index (κ2) is 5.67. The summed E-state index contributed by atoms with van der Waals surface area (Å²) >= 11 is 0. The summed E-state index contributed by atoms with van der Waals surface area (Å²) in [5, 5.41) is 3.38. The first-order valence-electron chi connectivity index (χ1n) is 6.77. The third kappa shape index (κ3) is 2.97. The quantitative estimate of drug-likeness (QED) is 0.775. The van der Waals surface area contributed by atoms with Crippen molar-refractivity contribution in [2.24, 2.45) is 5.92 Å². The van der Waals surface area contributed by atoms with Crippen molar-refractivity contribution in [3.63, 3.8) is 0 Å². The minimum atomic E-state index is 0.390. The van der Waals surface area contributed by atoms with Crippen molar-refractivity contribution in [1.82, 2.24) is 10.2 Å². The van der Waals surface area contributed by atoms with E-state index in [0.717, 1.165) is 26.1 Å². The molecule has 2 saturated heterocycles. The SMILES string of the molecule is CC1CCCCN1C(=O)CC1CCCNC1. The Balaban J connectivity index is 1.81. The molecule has 2 aliphatic rings. The van der Waals surface area contributed by atoms with E-state index in [9.17, 15) is 4.79 Å². The predicted molar refractivity (Wildman–Crippen MR) is 65.2 cm³/mol. The molecule has 0 aromatic rings. The average molecular weight is 224 g/mol. The van der Waals surface area contributed by atoms with Gasteiger partial charge in [0.15, 0.2) is 0 Å². The Hall–Kier alpha value is -0.570. The molecule has 0 aliphatic carbocycles. The Bertz CT molecular complexity index is 236. The number of rotatable bonds is 2. The van der Waals surface area contributed by atoms with Crippen LogP contribution >= 0.6 is 0 Å². The van der Waals surface area contributed by atoms with Crippen molar-refractivity contribution in [2.45, 2.75) is 51.5 Å². The summed E-state index contributed by atoms with van der Waals surface area (Å²) in [4.78, 5) is 14.3. The van der Waals surface area contributed by atoms with E-state index >= 15 is 0 Å². The van der Waals surface area contributed by atoms with Crippen LogP contribution in [0.2, 0.25) is 0 Å². The van der Waals surface area contributed by atoms with E-state index in [1.807, 2.05) is 0 Å². The molecule has 0 spiro atoms. The van der Waals surface area contributed by atoms with E-state index in [1.165, 1.54) is 32.1 Å². The fraction of sp³-hybridized carbons (Fsp3) is 0.923. The largest absolute Gasteiger partial charge is 0.340 e. The second-order valence-electron chi connectivity index (χ2n) is 5.35. The highest BCUT2D eigenvalue weighted by Gasteiger charge is 2.25. The van der Waals surface area contributed by atoms with Crippen molar-refractivity contribution >= 4 is 5.91 Å². The zero-order chi connectivity index (χ0) is 11.4. The molecular weight excluding hydrogens is 200 g/mol. The molecule has 1 amide bonds. The summed E-state index contributed by atoms with van der Waals surface area (Å²) in [6.07, 6.45) is 6.88. The fourth-order valence-corrected chi connectivity index (χ4v) is 2.93. The monoisotopic (exact) mass is 224 g/mol. The smallest absolute Gasteiger partial charge is 0.223 e. The number of piperidine rings is 2. The number of hydrogen-bond acceptors (Lipinski definition) is 2. The van der Waals surface area contributed by atoms with Crippen molar-refractivity contribution < 1.29 is 4.79 Å². The Morgan fingerprint density at radius 1 is 1.31 bits per heavy atom. The molecule has 0 saturated carbocycles. The van der Waals surface area contributed by atoms with Gasteiger partial charge in [-0.3, -0.25) is 4.79 Å². The maximum atomic E-state index is 12.2. The summed E-state index contributed by atoms with van der Waals surface area (Å²) in [5.41, 5.74) is 0. The van der Waals surface area contributed by atoms with Gasteiger partial charge in [0.2, 0.25) is 5.91 Å². The van der Waals surface area contributed by atoms with Gasteiger partial charge < -0.3 is 10.2 Å². The van der Waals surface area contributed by atoms with Crippen LogP contribution in [0.15, 0.2) is 0 Å². The van der Waals surface area contributed by atoms with Crippen molar-refractivity contribution in [2.75, 3.05) is 19.6 Å². The Morgan fingerprint density at radius 2 is 2.19 bits per heavy atom. The van der Waals surface area contributed by atoms with Crippen molar-refractivity contribution in [3.05, 3.63) is 0 Å². The van der Waals surface area contributed by atoms with E-state index in [-0.39, 0.29) is 0 Å². The van der Waals surface area contributed by atoms with E-state index in [2.05, 4.69) is 17.1 Å². The molecule has 3 heteroatoms. The number of hydrogen-bond donors (Lipinski definition) is 1. The summed E-state index contributed by atoms with van der Waals surface area (Å²) in [6.45, 7) is 5.34. The first kappa shape index (κ1) is 11.9. The lowest BCUT2D eigenvalue weighted by molar-refractivity contribution is -0.135. The summed E-state index contributed by atoms with van der Waals surface area (Å²) in [7, 11) is 0. The first-order valence-corrected chi connectivity index (χ1v) is 6.77. The zero-order valence-electron chi connectivity index (χ0n) is 10.4. The van der Waals surface area contributed by atoms with Crippen LogP contribution < -0.4 is 5.32 Å². The number of carbonyl (C=O) groups excluding carboxylic acids is 1. The van der Waals surface area contributed by atoms with Gasteiger partial charge in [0.05, 0.1) is 0 Å². The average Bonchev–Trinajstić information content (AvgIpc) is 2.31. The highest BCUT2D eigenvalue weighted by molar-refractivity contribution is 5.76. The number of likely N-dealkylation sites (tertiary alicyclic amines) is 1. The Morgan fingerprint density at radius 3 is 2.88 bits per heavy atom. The third-order valence-electron chi connectivity index (χ3n) is 3.99. The molecule has 2 unspecified atom stereocenters. The van der Waals surface area contributed by atoms with Crippen LogP contribution in [-0.4, -0.2) is 36.5 Å². The summed E-state index contributed by atoms with van der Waals surface area (Å²) in [5.74, 6) is 0.969. The topological polar surface area (TPSA) is 32.3 Å². The molecule has 2 aliphatic heterocycles. The van der Waals surface area contributed by atoms with Gasteiger partial charge in [-0.05, 0) is 58.0 Å². The molecule has 0 radical (unpaired) electrons. The van der Waals surface area contributed by atoms with Crippen LogP contribution in [0.3, 0.4) is 0 Å². The van der Waals surface area contributed by atoms with Crippen LogP contribution in [-0.2, 0) is 4.79 Å². The van der Waals surface area contributed by atoms with Crippen LogP contribution in [0, 0.1) is 5.92 Å². The van der Waals surface area contributed by atoms with Crippen LogP contribution in [0.4, 0.5) is 0 Å².